The van der Waals surface area contributed by atoms with E-state index in [0.717, 1.165) is 28.6 Å². The molecule has 1 aliphatic rings. The first kappa shape index (κ1) is 21.4. The lowest BCUT2D eigenvalue weighted by atomic mass is 10.0. The van der Waals surface area contributed by atoms with Gasteiger partial charge in [-0.05, 0) is 36.6 Å². The number of unbranched alkanes of at least 4 members (excludes halogenated alkanes) is 1. The Morgan fingerprint density at radius 2 is 2.03 bits per heavy atom. The Hall–Kier alpha value is -2.34. The monoisotopic (exact) mass is 414 g/mol. The zero-order chi connectivity index (χ0) is 20.8. The first-order valence-electron chi connectivity index (χ1n) is 10.1. The van der Waals surface area contributed by atoms with Crippen LogP contribution in [0.5, 0.6) is 5.75 Å². The van der Waals surface area contributed by atoms with Gasteiger partial charge in [0.1, 0.15) is 5.75 Å². The average molecular weight is 415 g/mol. The van der Waals surface area contributed by atoms with Crippen LogP contribution in [0.3, 0.4) is 0 Å². The Morgan fingerprint density at radius 3 is 2.69 bits per heavy atom. The van der Waals surface area contributed by atoms with Crippen LogP contribution in [0.2, 0.25) is 0 Å². The van der Waals surface area contributed by atoms with Crippen molar-refractivity contribution in [2.24, 2.45) is 5.92 Å². The number of hydrogen-bond donors (Lipinski definition) is 1. The van der Waals surface area contributed by atoms with Crippen molar-refractivity contribution in [3.8, 4) is 5.75 Å². The van der Waals surface area contributed by atoms with Crippen molar-refractivity contribution >= 4 is 34.8 Å². The quantitative estimate of drug-likeness (QED) is 0.635. The summed E-state index contributed by atoms with van der Waals surface area (Å²) in [7, 11) is 3.91. The van der Waals surface area contributed by atoms with E-state index in [9.17, 15) is 4.79 Å². The number of fused-ring (bicyclic) bond motifs is 1. The Bertz CT molecular complexity index is 826. The van der Waals surface area contributed by atoms with Gasteiger partial charge in [0.2, 0.25) is 0 Å². The maximum Gasteiger partial charge on any atom is 0.341 e. The van der Waals surface area contributed by atoms with E-state index in [1.54, 1.807) is 0 Å². The van der Waals surface area contributed by atoms with Crippen molar-refractivity contribution in [1.29, 1.82) is 0 Å². The smallest absolute Gasteiger partial charge is 0.341 e. The summed E-state index contributed by atoms with van der Waals surface area (Å²) in [6.07, 6.45) is 3.65. The molecule has 0 fully saturated rings. The minimum atomic E-state index is -0.970. The van der Waals surface area contributed by atoms with Crippen molar-refractivity contribution < 1.29 is 14.6 Å². The van der Waals surface area contributed by atoms with Gasteiger partial charge >= 0.3 is 5.97 Å². The fourth-order valence-electron chi connectivity index (χ4n) is 3.61. The van der Waals surface area contributed by atoms with Crippen LogP contribution in [0, 0.1) is 5.92 Å². The van der Waals surface area contributed by atoms with Gasteiger partial charge in [-0.3, -0.25) is 0 Å². The van der Waals surface area contributed by atoms with Crippen LogP contribution in [0.15, 0.2) is 47.4 Å². The van der Waals surface area contributed by atoms with Crippen molar-refractivity contribution in [2.75, 3.05) is 42.8 Å². The minimum absolute atomic E-state index is 0.341. The van der Waals surface area contributed by atoms with E-state index in [1.807, 2.05) is 42.9 Å². The molecule has 5 nitrogen and oxygen atoms in total. The topological polar surface area (TPSA) is 53.0 Å². The maximum absolute atomic E-state index is 11.0. The highest BCUT2D eigenvalue weighted by molar-refractivity contribution is 7.99. The zero-order valence-electron chi connectivity index (χ0n) is 17.4. The van der Waals surface area contributed by atoms with Gasteiger partial charge < -0.3 is 19.6 Å². The van der Waals surface area contributed by atoms with Gasteiger partial charge in [-0.1, -0.05) is 38.0 Å². The second kappa shape index (κ2) is 9.92. The van der Waals surface area contributed by atoms with E-state index in [4.69, 9.17) is 9.84 Å². The van der Waals surface area contributed by atoms with E-state index in [-0.39, 0.29) is 6.61 Å². The number of rotatable bonds is 8. The van der Waals surface area contributed by atoms with Gasteiger partial charge in [-0.25, -0.2) is 4.79 Å². The van der Waals surface area contributed by atoms with E-state index in [0.29, 0.717) is 11.7 Å². The third kappa shape index (κ3) is 5.38. The molecule has 0 aliphatic carbocycles. The Kier molecular flexibility index (Phi) is 7.31. The highest BCUT2D eigenvalue weighted by atomic mass is 32.2. The lowest BCUT2D eigenvalue weighted by molar-refractivity contribution is -0.139. The molecule has 2 aromatic carbocycles. The van der Waals surface area contributed by atoms with Gasteiger partial charge in [0, 0.05) is 37.0 Å². The largest absolute Gasteiger partial charge is 0.480 e. The summed E-state index contributed by atoms with van der Waals surface area (Å²) in [6.45, 7) is 2.88. The number of hydrogen-bond acceptors (Lipinski definition) is 5. The molecule has 3 rings (SSSR count). The highest BCUT2D eigenvalue weighted by Gasteiger charge is 2.26. The number of para-hydroxylation sites is 1. The molecule has 0 spiro atoms. The number of aliphatic carboxylic acids is 1. The Balaban J connectivity index is 2.04. The molecule has 2 aromatic rings. The van der Waals surface area contributed by atoms with Crippen LogP contribution in [0.4, 0.5) is 17.1 Å². The first-order valence-corrected chi connectivity index (χ1v) is 11.1. The van der Waals surface area contributed by atoms with Gasteiger partial charge in [0.05, 0.1) is 11.4 Å². The maximum atomic E-state index is 11.0. The van der Waals surface area contributed by atoms with Gasteiger partial charge in [0.15, 0.2) is 6.61 Å². The van der Waals surface area contributed by atoms with Gasteiger partial charge in [0.25, 0.3) is 0 Å². The average Bonchev–Trinajstić information content (AvgIpc) is 2.89. The number of carboxylic acid groups (broad SMARTS) is 1. The fraction of sp³-hybridized carbons (Fsp3) is 0.435. The van der Waals surface area contributed by atoms with E-state index >= 15 is 0 Å². The second-order valence-electron chi connectivity index (χ2n) is 7.63. The second-order valence-corrected chi connectivity index (χ2v) is 8.69. The van der Waals surface area contributed by atoms with Crippen LogP contribution in [0.1, 0.15) is 26.2 Å². The molecule has 0 bridgehead atoms. The van der Waals surface area contributed by atoms with Crippen LogP contribution in [0.25, 0.3) is 0 Å². The van der Waals surface area contributed by atoms with Crippen molar-refractivity contribution in [1.82, 2.24) is 0 Å². The fourth-order valence-corrected chi connectivity index (χ4v) is 4.80. The highest BCUT2D eigenvalue weighted by Crippen LogP contribution is 2.45. The Morgan fingerprint density at radius 1 is 1.28 bits per heavy atom. The summed E-state index contributed by atoms with van der Waals surface area (Å²) in [5.74, 6) is 1.29. The molecule has 0 radical (unpaired) electrons. The number of anilines is 3. The molecule has 29 heavy (non-hydrogen) atoms. The number of ether oxygens (including phenoxy) is 1. The van der Waals surface area contributed by atoms with Gasteiger partial charge in [-0.15, -0.1) is 11.8 Å². The van der Waals surface area contributed by atoms with E-state index in [2.05, 4.69) is 42.2 Å². The molecule has 0 saturated heterocycles. The lowest BCUT2D eigenvalue weighted by Gasteiger charge is -2.29. The SMILES string of the molecule is CCCCC1CSc2cc(OCC(=O)O)c(N(C)C)cc2N(c2ccccc2)C1. The third-order valence-corrected chi connectivity index (χ3v) is 6.39. The molecule has 1 atom stereocenters. The molecule has 0 aromatic heterocycles. The number of nitrogens with zero attached hydrogens (tertiary/aromatic N) is 2. The summed E-state index contributed by atoms with van der Waals surface area (Å²) in [4.78, 5) is 16.5. The Labute approximate surface area is 177 Å². The minimum Gasteiger partial charge on any atom is -0.480 e. The zero-order valence-corrected chi connectivity index (χ0v) is 18.2. The molecular formula is C23H30N2O3S. The number of carboxylic acids is 1. The third-order valence-electron chi connectivity index (χ3n) is 5.11. The standard InChI is InChI=1S/C23H30N2O3S/c1-4-5-9-17-14-25(18-10-7-6-8-11-18)20-12-19(24(2)3)21(28-15-23(26)27)13-22(20)29-16-17/h6-8,10-13,17H,4-5,9,14-16H2,1-3H3,(H,26,27). The predicted octanol–water partition coefficient (Wildman–Crippen LogP) is 5.27. The number of thioether (sulfide) groups is 1. The molecule has 1 aliphatic heterocycles. The molecule has 0 amide bonds. The molecule has 156 valence electrons. The molecule has 0 saturated carbocycles. The van der Waals surface area contributed by atoms with Crippen molar-refractivity contribution in [3.05, 3.63) is 42.5 Å². The summed E-state index contributed by atoms with van der Waals surface area (Å²) >= 11 is 1.85. The first-order chi connectivity index (χ1) is 14.0. The molecule has 1 heterocycles. The summed E-state index contributed by atoms with van der Waals surface area (Å²) in [5.41, 5.74) is 3.23. The van der Waals surface area contributed by atoms with Crippen LogP contribution in [-0.2, 0) is 4.79 Å². The molecule has 6 heteroatoms. The summed E-state index contributed by atoms with van der Waals surface area (Å²) < 4.78 is 5.63. The molecule has 1 N–H and O–H groups in total. The van der Waals surface area contributed by atoms with Crippen LogP contribution in [-0.4, -0.2) is 44.1 Å². The lowest BCUT2D eigenvalue weighted by Crippen LogP contribution is -2.25. The molecule has 1 unspecified atom stereocenters. The summed E-state index contributed by atoms with van der Waals surface area (Å²) in [6, 6.07) is 14.6. The molecular weight excluding hydrogens is 384 g/mol. The van der Waals surface area contributed by atoms with Crippen LogP contribution >= 0.6 is 11.8 Å². The number of benzene rings is 2. The van der Waals surface area contributed by atoms with E-state index < -0.39 is 5.97 Å². The normalized spacial score (nSPS) is 16.1. The predicted molar refractivity (Wildman–Crippen MR) is 121 cm³/mol. The van der Waals surface area contributed by atoms with Gasteiger partial charge in [-0.2, -0.15) is 0 Å². The summed E-state index contributed by atoms with van der Waals surface area (Å²) in [5, 5.41) is 9.04. The van der Waals surface area contributed by atoms with Crippen molar-refractivity contribution in [3.63, 3.8) is 0 Å². The van der Waals surface area contributed by atoms with E-state index in [1.165, 1.54) is 24.9 Å². The van der Waals surface area contributed by atoms with Crippen LogP contribution < -0.4 is 14.5 Å². The number of carbonyl (C=O) groups is 1. The van der Waals surface area contributed by atoms with Crippen molar-refractivity contribution in [2.45, 2.75) is 31.1 Å².